The lowest BCUT2D eigenvalue weighted by molar-refractivity contribution is 0.0952. The van der Waals surface area contributed by atoms with E-state index in [4.69, 9.17) is 0 Å². The number of nitrogens with one attached hydrogen (secondary N) is 2. The molecule has 0 bridgehead atoms. The van der Waals surface area contributed by atoms with E-state index >= 15 is 0 Å². The number of sulfonamides is 1. The molecule has 0 radical (unpaired) electrons. The molecule has 8 heteroatoms. The van der Waals surface area contributed by atoms with Gasteiger partial charge in [-0.1, -0.05) is 25.2 Å². The van der Waals surface area contributed by atoms with Gasteiger partial charge in [-0.15, -0.1) is 0 Å². The Bertz CT molecular complexity index is 782. The number of fused-ring (bicyclic) bond motifs is 1. The van der Waals surface area contributed by atoms with Crippen LogP contribution in [0, 0.1) is 5.92 Å². The van der Waals surface area contributed by atoms with Crippen LogP contribution >= 0.6 is 11.3 Å². The average Bonchev–Trinajstić information content (AvgIpc) is 2.76. The molecule has 2 N–H and O–H groups in total. The zero-order valence-electron chi connectivity index (χ0n) is 12.7. The molecule has 2 rings (SSSR count). The maximum atomic E-state index is 12.1. The molecule has 22 heavy (non-hydrogen) atoms. The van der Waals surface area contributed by atoms with Crippen molar-refractivity contribution in [2.45, 2.75) is 20.3 Å². The number of hydrogen-bond donors (Lipinski definition) is 2. The van der Waals surface area contributed by atoms with E-state index in [1.54, 1.807) is 18.2 Å². The van der Waals surface area contributed by atoms with Crippen LogP contribution in [-0.4, -0.2) is 32.1 Å². The molecule has 0 fully saturated rings. The molecule has 0 aliphatic carbocycles. The third-order valence-corrected chi connectivity index (χ3v) is 4.56. The molecular weight excluding hydrogens is 322 g/mol. The van der Waals surface area contributed by atoms with Gasteiger partial charge in [0, 0.05) is 12.1 Å². The van der Waals surface area contributed by atoms with E-state index in [0.29, 0.717) is 28.7 Å². The molecule has 1 amide bonds. The van der Waals surface area contributed by atoms with Gasteiger partial charge >= 0.3 is 0 Å². The minimum Gasteiger partial charge on any atom is -0.352 e. The second-order valence-electron chi connectivity index (χ2n) is 5.51. The molecule has 1 aromatic carbocycles. The molecule has 0 unspecified atom stereocenters. The monoisotopic (exact) mass is 341 g/mol. The summed E-state index contributed by atoms with van der Waals surface area (Å²) in [5, 5.41) is 3.17. The van der Waals surface area contributed by atoms with E-state index in [-0.39, 0.29) is 5.91 Å². The van der Waals surface area contributed by atoms with Crippen molar-refractivity contribution in [3.05, 3.63) is 23.8 Å². The molecule has 1 heterocycles. The van der Waals surface area contributed by atoms with Crippen LogP contribution in [0.15, 0.2) is 18.2 Å². The molecule has 0 aliphatic rings. The maximum absolute atomic E-state index is 12.1. The fourth-order valence-electron chi connectivity index (χ4n) is 1.84. The Kier molecular flexibility index (Phi) is 5.02. The number of rotatable bonds is 6. The lowest BCUT2D eigenvalue weighted by atomic mass is 10.1. The largest absolute Gasteiger partial charge is 0.352 e. The standard InChI is InChI=1S/C14H19N3O3S2/c1-9(2)6-7-15-13(18)10-4-5-11-12(8-10)21-14(16-11)17-22(3,19)20/h4-5,8-9H,6-7H2,1-3H3,(H,15,18)(H,16,17). The Labute approximate surface area is 134 Å². The summed E-state index contributed by atoms with van der Waals surface area (Å²) in [4.78, 5) is 16.2. The van der Waals surface area contributed by atoms with Crippen molar-refractivity contribution in [3.8, 4) is 0 Å². The third kappa shape index (κ3) is 4.67. The smallest absolute Gasteiger partial charge is 0.251 e. The van der Waals surface area contributed by atoms with Gasteiger partial charge in [-0.3, -0.25) is 9.52 Å². The zero-order chi connectivity index (χ0) is 16.3. The highest BCUT2D eigenvalue weighted by Crippen LogP contribution is 2.27. The highest BCUT2D eigenvalue weighted by molar-refractivity contribution is 7.92. The summed E-state index contributed by atoms with van der Waals surface area (Å²) in [6.45, 7) is 4.84. The van der Waals surface area contributed by atoms with Crippen LogP contribution in [0.4, 0.5) is 5.13 Å². The summed E-state index contributed by atoms with van der Waals surface area (Å²) >= 11 is 1.20. The molecular formula is C14H19N3O3S2. The minimum atomic E-state index is -3.35. The lowest BCUT2D eigenvalue weighted by Crippen LogP contribution is -2.25. The topological polar surface area (TPSA) is 88.2 Å². The first-order valence-electron chi connectivity index (χ1n) is 6.91. The van der Waals surface area contributed by atoms with Crippen LogP contribution < -0.4 is 10.0 Å². The average molecular weight is 341 g/mol. The van der Waals surface area contributed by atoms with Crippen molar-refractivity contribution in [3.63, 3.8) is 0 Å². The molecule has 120 valence electrons. The molecule has 0 saturated heterocycles. The van der Waals surface area contributed by atoms with Crippen LogP contribution in [0.3, 0.4) is 0 Å². The first-order chi connectivity index (χ1) is 10.2. The summed E-state index contributed by atoms with van der Waals surface area (Å²) in [7, 11) is -3.35. The van der Waals surface area contributed by atoms with Crippen molar-refractivity contribution in [1.82, 2.24) is 10.3 Å². The van der Waals surface area contributed by atoms with Crippen molar-refractivity contribution in [2.24, 2.45) is 5.92 Å². The van der Waals surface area contributed by atoms with Crippen LogP contribution in [0.5, 0.6) is 0 Å². The van der Waals surface area contributed by atoms with Crippen LogP contribution in [0.25, 0.3) is 10.2 Å². The second-order valence-corrected chi connectivity index (χ2v) is 8.29. The number of nitrogens with zero attached hydrogens (tertiary/aromatic N) is 1. The maximum Gasteiger partial charge on any atom is 0.251 e. The van der Waals surface area contributed by atoms with E-state index < -0.39 is 10.0 Å². The van der Waals surface area contributed by atoms with Gasteiger partial charge in [0.25, 0.3) is 5.91 Å². The highest BCUT2D eigenvalue weighted by Gasteiger charge is 2.11. The van der Waals surface area contributed by atoms with E-state index in [1.807, 2.05) is 0 Å². The Morgan fingerprint density at radius 2 is 2.09 bits per heavy atom. The third-order valence-electron chi connectivity index (χ3n) is 2.93. The quantitative estimate of drug-likeness (QED) is 0.845. The predicted octanol–water partition coefficient (Wildman–Crippen LogP) is 2.44. The first kappa shape index (κ1) is 16.7. The van der Waals surface area contributed by atoms with Crippen molar-refractivity contribution in [2.75, 3.05) is 17.5 Å². The Balaban J connectivity index is 2.14. The number of benzene rings is 1. The van der Waals surface area contributed by atoms with Crippen LogP contribution in [-0.2, 0) is 10.0 Å². The van der Waals surface area contributed by atoms with Crippen LogP contribution in [0.2, 0.25) is 0 Å². The van der Waals surface area contributed by atoms with Gasteiger partial charge in [0.05, 0.1) is 16.5 Å². The van der Waals surface area contributed by atoms with Crippen molar-refractivity contribution < 1.29 is 13.2 Å². The fraction of sp³-hybridized carbons (Fsp3) is 0.429. The summed E-state index contributed by atoms with van der Waals surface area (Å²) in [5.41, 5.74) is 1.21. The molecule has 0 aliphatic heterocycles. The fourth-order valence-corrected chi connectivity index (χ4v) is 3.58. The second kappa shape index (κ2) is 6.62. The molecule has 2 aromatic rings. The van der Waals surface area contributed by atoms with E-state index in [0.717, 1.165) is 17.4 Å². The lowest BCUT2D eigenvalue weighted by Gasteiger charge is -2.07. The van der Waals surface area contributed by atoms with Gasteiger partial charge in [0.2, 0.25) is 10.0 Å². The summed E-state index contributed by atoms with van der Waals surface area (Å²) in [6, 6.07) is 5.14. The summed E-state index contributed by atoms with van der Waals surface area (Å²) < 4.78 is 25.5. The molecule has 6 nitrogen and oxygen atoms in total. The van der Waals surface area contributed by atoms with Gasteiger partial charge in [0.15, 0.2) is 5.13 Å². The van der Waals surface area contributed by atoms with Crippen molar-refractivity contribution in [1.29, 1.82) is 0 Å². The number of carbonyl (C=O) groups excluding carboxylic acids is 1. The Morgan fingerprint density at radius 3 is 2.73 bits per heavy atom. The number of anilines is 1. The number of aromatic nitrogens is 1. The summed E-state index contributed by atoms with van der Waals surface area (Å²) in [5.74, 6) is 0.405. The van der Waals surface area contributed by atoms with Crippen LogP contribution in [0.1, 0.15) is 30.6 Å². The number of carbonyl (C=O) groups is 1. The molecule has 1 aromatic heterocycles. The number of amides is 1. The minimum absolute atomic E-state index is 0.131. The molecule has 0 atom stereocenters. The Hall–Kier alpha value is -1.67. The molecule has 0 spiro atoms. The van der Waals surface area contributed by atoms with E-state index in [1.165, 1.54) is 11.3 Å². The van der Waals surface area contributed by atoms with Gasteiger partial charge in [0.1, 0.15) is 0 Å². The van der Waals surface area contributed by atoms with Gasteiger partial charge in [-0.25, -0.2) is 13.4 Å². The Morgan fingerprint density at radius 1 is 1.36 bits per heavy atom. The first-order valence-corrected chi connectivity index (χ1v) is 9.62. The van der Waals surface area contributed by atoms with Gasteiger partial charge < -0.3 is 5.32 Å². The molecule has 0 saturated carbocycles. The van der Waals surface area contributed by atoms with Gasteiger partial charge in [-0.2, -0.15) is 0 Å². The van der Waals surface area contributed by atoms with E-state index in [2.05, 4.69) is 28.9 Å². The summed E-state index contributed by atoms with van der Waals surface area (Å²) in [6.07, 6.45) is 2.00. The van der Waals surface area contributed by atoms with Gasteiger partial charge in [-0.05, 0) is 30.5 Å². The SMILES string of the molecule is CC(C)CCNC(=O)c1ccc2nc(NS(C)(=O)=O)sc2c1. The zero-order valence-corrected chi connectivity index (χ0v) is 14.3. The normalized spacial score (nSPS) is 11.8. The number of hydrogen-bond acceptors (Lipinski definition) is 5. The number of thiazole rings is 1. The van der Waals surface area contributed by atoms with E-state index in [9.17, 15) is 13.2 Å². The highest BCUT2D eigenvalue weighted by atomic mass is 32.2. The predicted molar refractivity (Wildman–Crippen MR) is 89.9 cm³/mol. The van der Waals surface area contributed by atoms with Crippen molar-refractivity contribution >= 4 is 42.6 Å².